The van der Waals surface area contributed by atoms with Gasteiger partial charge in [0.15, 0.2) is 0 Å². The monoisotopic (exact) mass is 490 g/mol. The second-order valence-corrected chi connectivity index (χ2v) is 9.67. The molecule has 5 heteroatoms. The van der Waals surface area contributed by atoms with E-state index in [0.29, 0.717) is 6.42 Å². The molecule has 194 valence electrons. The zero-order valence-corrected chi connectivity index (χ0v) is 22.5. The number of nitrogens with zero attached hydrogens (tertiary/aromatic N) is 1. The van der Waals surface area contributed by atoms with Crippen molar-refractivity contribution in [2.24, 2.45) is 5.41 Å². The Balaban J connectivity index is 0.000000275. The fraction of sp³-hybridized carbons (Fsp3) is 0.452. The zero-order chi connectivity index (χ0) is 26.1. The summed E-state index contributed by atoms with van der Waals surface area (Å²) in [5.41, 5.74) is 5.95. The molecule has 2 N–H and O–H groups in total. The molecule has 4 aliphatic carbocycles. The third kappa shape index (κ3) is 5.67. The van der Waals surface area contributed by atoms with E-state index in [9.17, 15) is 9.90 Å². The van der Waals surface area contributed by atoms with E-state index in [1.807, 2.05) is 19.2 Å². The highest BCUT2D eigenvalue weighted by molar-refractivity contribution is 5.80. The first-order valence-corrected chi connectivity index (χ1v) is 13.1. The minimum atomic E-state index is -0.0357. The number of aliphatic hydroxyl groups is 1. The number of aliphatic hydroxyl groups excluding tert-OH is 1. The van der Waals surface area contributed by atoms with Crippen molar-refractivity contribution < 1.29 is 14.6 Å². The van der Waals surface area contributed by atoms with Gasteiger partial charge < -0.3 is 20.1 Å². The molecule has 0 aromatic rings. The number of allylic oxidation sites excluding steroid dienone is 12. The molecule has 0 radical (unpaired) electrons. The smallest absolute Gasteiger partial charge is 0.223 e. The predicted octanol–water partition coefficient (Wildman–Crippen LogP) is 6.23. The van der Waals surface area contributed by atoms with Crippen LogP contribution in [0.2, 0.25) is 0 Å². The second kappa shape index (κ2) is 12.8. The molecule has 0 aromatic heterocycles. The molecule has 1 saturated heterocycles. The summed E-state index contributed by atoms with van der Waals surface area (Å²) < 4.78 is 4.25. The molecule has 36 heavy (non-hydrogen) atoms. The van der Waals surface area contributed by atoms with E-state index >= 15 is 0 Å². The maximum Gasteiger partial charge on any atom is 0.223 e. The van der Waals surface area contributed by atoms with Crippen molar-refractivity contribution in [3.05, 3.63) is 94.5 Å². The maximum atomic E-state index is 12.8. The van der Waals surface area contributed by atoms with Gasteiger partial charge in [-0.15, -0.1) is 0 Å². The van der Waals surface area contributed by atoms with Gasteiger partial charge in [-0.25, -0.2) is 0 Å². The van der Waals surface area contributed by atoms with Gasteiger partial charge in [-0.3, -0.25) is 4.79 Å². The van der Waals surface area contributed by atoms with Crippen LogP contribution in [0, 0.1) is 5.41 Å². The van der Waals surface area contributed by atoms with E-state index in [0.717, 1.165) is 37.0 Å². The first kappa shape index (κ1) is 27.5. The lowest BCUT2D eigenvalue weighted by Gasteiger charge is -2.53. The van der Waals surface area contributed by atoms with Crippen LogP contribution in [-0.4, -0.2) is 49.8 Å². The zero-order valence-electron chi connectivity index (χ0n) is 22.5. The van der Waals surface area contributed by atoms with E-state index < -0.39 is 0 Å². The summed E-state index contributed by atoms with van der Waals surface area (Å²) in [4.78, 5) is 14.9. The molecule has 1 heterocycles. The van der Waals surface area contributed by atoms with Gasteiger partial charge in [-0.2, -0.15) is 0 Å². The standard InChI is InChI=1S/C22H25NO2.C7H11N.C2H6O/c1-3-12-23-20(25)10-11-22(4-2)16-7-5-6-15-13-17(24)8-9-18(21(22)23)19(15)14-16;1-8-7-5-3-2-4-6-7;1-3-2/h5-9,13-14,21,24H,3-4,10-12H2,1-2H3;2-3,5,8H,4,6H2,1H3;1-2H3. The molecule has 5 aliphatic rings. The Bertz CT molecular complexity index is 1070. The molecule has 2 unspecified atom stereocenters. The van der Waals surface area contributed by atoms with Crippen molar-refractivity contribution in [3.8, 4) is 0 Å². The molecule has 2 bridgehead atoms. The van der Waals surface area contributed by atoms with Crippen LogP contribution in [0.3, 0.4) is 0 Å². The van der Waals surface area contributed by atoms with Gasteiger partial charge in [0.25, 0.3) is 0 Å². The first-order valence-electron chi connectivity index (χ1n) is 13.1. The summed E-state index contributed by atoms with van der Waals surface area (Å²) in [6, 6.07) is 0.0513. The molecular weight excluding hydrogens is 448 g/mol. The van der Waals surface area contributed by atoms with Crippen molar-refractivity contribution in [2.75, 3.05) is 27.8 Å². The molecule has 5 rings (SSSR count). The number of likely N-dealkylation sites (tertiary alicyclic amines) is 1. The summed E-state index contributed by atoms with van der Waals surface area (Å²) in [6.45, 7) is 5.15. The van der Waals surface area contributed by atoms with E-state index in [4.69, 9.17) is 0 Å². The van der Waals surface area contributed by atoms with Crippen molar-refractivity contribution in [3.63, 3.8) is 0 Å². The number of piperidine rings is 1. The van der Waals surface area contributed by atoms with Gasteiger partial charge in [0, 0.05) is 45.3 Å². The fourth-order valence-electron chi connectivity index (χ4n) is 5.73. The van der Waals surface area contributed by atoms with Crippen LogP contribution in [0.1, 0.15) is 52.4 Å². The molecule has 2 atom stereocenters. The summed E-state index contributed by atoms with van der Waals surface area (Å²) in [6.07, 6.45) is 26.5. The minimum Gasteiger partial charge on any atom is -0.508 e. The number of amides is 1. The van der Waals surface area contributed by atoms with Gasteiger partial charge in [0.2, 0.25) is 5.91 Å². The highest BCUT2D eigenvalue weighted by atomic mass is 16.4. The Morgan fingerprint density at radius 2 is 1.89 bits per heavy atom. The number of fused-ring (bicyclic) bond motifs is 3. The van der Waals surface area contributed by atoms with Gasteiger partial charge in [0.05, 0.1) is 6.04 Å². The fourth-order valence-corrected chi connectivity index (χ4v) is 5.73. The molecule has 0 aromatic carbocycles. The summed E-state index contributed by atoms with van der Waals surface area (Å²) in [7, 11) is 5.21. The van der Waals surface area contributed by atoms with Gasteiger partial charge >= 0.3 is 0 Å². The highest BCUT2D eigenvalue weighted by Gasteiger charge is 2.51. The maximum absolute atomic E-state index is 12.8. The van der Waals surface area contributed by atoms with Crippen LogP contribution >= 0.6 is 0 Å². The number of nitrogens with one attached hydrogen (secondary N) is 1. The number of methoxy groups -OCH3 is 1. The van der Waals surface area contributed by atoms with Crippen molar-refractivity contribution in [2.45, 2.75) is 58.4 Å². The molecule has 0 saturated carbocycles. The number of carbonyl (C=O) groups excluding carboxylic acids is 1. The number of hydrogen-bond acceptors (Lipinski definition) is 4. The predicted molar refractivity (Wildman–Crippen MR) is 148 cm³/mol. The van der Waals surface area contributed by atoms with Crippen LogP contribution in [-0.2, 0) is 9.53 Å². The van der Waals surface area contributed by atoms with Gasteiger partial charge in [0.1, 0.15) is 5.76 Å². The Labute approximate surface area is 217 Å². The first-order chi connectivity index (χ1) is 17.4. The highest BCUT2D eigenvalue weighted by Crippen LogP contribution is 2.54. The van der Waals surface area contributed by atoms with Crippen LogP contribution in [0.15, 0.2) is 94.5 Å². The van der Waals surface area contributed by atoms with Crippen molar-refractivity contribution in [1.82, 2.24) is 10.2 Å². The molecular formula is C31H42N2O3. The molecule has 1 amide bonds. The summed E-state index contributed by atoms with van der Waals surface area (Å²) in [5.74, 6) is 0.518. The lowest BCUT2D eigenvalue weighted by molar-refractivity contribution is -0.140. The summed E-state index contributed by atoms with van der Waals surface area (Å²) >= 11 is 0. The second-order valence-electron chi connectivity index (χ2n) is 9.67. The Hall–Kier alpha value is -3.05. The number of ether oxygens (including phenoxy) is 1. The average molecular weight is 491 g/mol. The average Bonchev–Trinajstić information content (AvgIpc) is 3.17. The van der Waals surface area contributed by atoms with Crippen LogP contribution < -0.4 is 5.32 Å². The van der Waals surface area contributed by atoms with Crippen LogP contribution in [0.25, 0.3) is 0 Å². The van der Waals surface area contributed by atoms with Crippen LogP contribution in [0.5, 0.6) is 0 Å². The molecule has 1 aliphatic heterocycles. The third-order valence-corrected chi connectivity index (χ3v) is 7.45. The Morgan fingerprint density at radius 1 is 1.11 bits per heavy atom. The summed E-state index contributed by atoms with van der Waals surface area (Å²) in [5, 5.41) is 13.3. The number of carbonyl (C=O) groups is 1. The van der Waals surface area contributed by atoms with Crippen molar-refractivity contribution in [1.29, 1.82) is 0 Å². The lowest BCUT2D eigenvalue weighted by Crippen LogP contribution is -2.57. The quantitative estimate of drug-likeness (QED) is 0.490. The third-order valence-electron chi connectivity index (χ3n) is 7.45. The minimum absolute atomic E-state index is 0.0357. The van der Waals surface area contributed by atoms with E-state index in [1.54, 1.807) is 20.3 Å². The SMILES string of the molecule is CCCN1C(=O)CCC2(CC)C3=CC4=C(C=CC(O)=CC4=CC=C3)C12.CNC1=CC=CCC1.COC. The van der Waals surface area contributed by atoms with Crippen LogP contribution in [0.4, 0.5) is 0 Å². The van der Waals surface area contributed by atoms with E-state index in [1.165, 1.54) is 29.7 Å². The molecule has 0 spiro atoms. The van der Waals surface area contributed by atoms with E-state index in [-0.39, 0.29) is 23.1 Å². The number of rotatable bonds is 4. The molecule has 5 nitrogen and oxygen atoms in total. The largest absolute Gasteiger partial charge is 0.508 e. The lowest BCUT2D eigenvalue weighted by atomic mass is 9.60. The van der Waals surface area contributed by atoms with Gasteiger partial charge in [-0.1, -0.05) is 56.4 Å². The Morgan fingerprint density at radius 3 is 2.50 bits per heavy atom. The molecule has 1 fully saturated rings. The Kier molecular flexibility index (Phi) is 9.77. The normalized spacial score (nSPS) is 25.5. The van der Waals surface area contributed by atoms with Gasteiger partial charge in [-0.05, 0) is 72.6 Å². The topological polar surface area (TPSA) is 61.8 Å². The number of hydrogen-bond donors (Lipinski definition) is 2. The van der Waals surface area contributed by atoms with E-state index in [2.05, 4.69) is 71.3 Å². The van der Waals surface area contributed by atoms with Crippen molar-refractivity contribution >= 4 is 5.91 Å².